The van der Waals surface area contributed by atoms with Gasteiger partial charge in [0.1, 0.15) is 5.82 Å². The lowest BCUT2D eigenvalue weighted by Gasteiger charge is -2.13. The molecule has 1 aromatic heterocycles. The molecule has 0 aliphatic carbocycles. The third-order valence-corrected chi connectivity index (χ3v) is 3.03. The van der Waals surface area contributed by atoms with Gasteiger partial charge in [-0.3, -0.25) is 4.79 Å². The number of amides is 2. The molecule has 1 unspecified atom stereocenters. The summed E-state index contributed by atoms with van der Waals surface area (Å²) in [5, 5.41) is 5.81. The molecule has 1 aromatic carbocycles. The summed E-state index contributed by atoms with van der Waals surface area (Å²) in [5.74, 6) is -0.584. The maximum absolute atomic E-state index is 13.9. The topological polar surface area (TPSA) is 74.0 Å². The summed E-state index contributed by atoms with van der Waals surface area (Å²) >= 11 is 0. The monoisotopic (exact) mass is 277 g/mol. The van der Waals surface area contributed by atoms with Gasteiger partial charge in [0.15, 0.2) is 0 Å². The maximum atomic E-state index is 13.9. The fourth-order valence-corrected chi connectivity index (χ4v) is 1.79. The van der Waals surface area contributed by atoms with Crippen LogP contribution < -0.4 is 16.2 Å². The first kappa shape index (κ1) is 14.0. The number of urea groups is 1. The summed E-state index contributed by atoms with van der Waals surface area (Å²) in [4.78, 5) is 25.3. The molecule has 20 heavy (non-hydrogen) atoms. The normalized spacial score (nSPS) is 12.2. The first-order chi connectivity index (χ1) is 9.49. The summed E-state index contributed by atoms with van der Waals surface area (Å²) in [6.07, 6.45) is 0.806. The first-order valence-corrected chi connectivity index (χ1v) is 6.39. The van der Waals surface area contributed by atoms with Gasteiger partial charge < -0.3 is 15.6 Å². The lowest BCUT2D eigenvalue weighted by atomic mass is 10.2. The van der Waals surface area contributed by atoms with Crippen molar-refractivity contribution in [2.75, 3.05) is 5.32 Å². The fourth-order valence-electron chi connectivity index (χ4n) is 1.79. The van der Waals surface area contributed by atoms with Crippen molar-refractivity contribution in [2.24, 2.45) is 0 Å². The van der Waals surface area contributed by atoms with Gasteiger partial charge in [0, 0.05) is 23.2 Å². The Morgan fingerprint density at radius 1 is 1.40 bits per heavy atom. The number of benzene rings is 1. The molecule has 0 spiro atoms. The quantitative estimate of drug-likeness (QED) is 0.806. The predicted molar refractivity (Wildman–Crippen MR) is 76.4 cm³/mol. The number of halogens is 1. The molecule has 0 saturated carbocycles. The van der Waals surface area contributed by atoms with Crippen LogP contribution in [0.5, 0.6) is 0 Å². The van der Waals surface area contributed by atoms with Gasteiger partial charge >= 0.3 is 6.03 Å². The molecule has 5 nitrogen and oxygen atoms in total. The van der Waals surface area contributed by atoms with E-state index >= 15 is 0 Å². The number of pyridine rings is 1. The summed E-state index contributed by atoms with van der Waals surface area (Å²) < 4.78 is 13.9. The molecule has 0 fully saturated rings. The highest BCUT2D eigenvalue weighted by Gasteiger charge is 2.09. The average molecular weight is 277 g/mol. The van der Waals surface area contributed by atoms with E-state index in [4.69, 9.17) is 0 Å². The summed E-state index contributed by atoms with van der Waals surface area (Å²) in [6.45, 7) is 3.84. The van der Waals surface area contributed by atoms with E-state index in [0.717, 1.165) is 6.42 Å². The maximum Gasteiger partial charge on any atom is 0.319 e. The van der Waals surface area contributed by atoms with Crippen molar-refractivity contribution in [2.45, 2.75) is 26.3 Å². The van der Waals surface area contributed by atoms with E-state index in [0.29, 0.717) is 11.1 Å². The molecule has 1 heterocycles. The Hall–Kier alpha value is -2.37. The van der Waals surface area contributed by atoms with Crippen LogP contribution in [0.4, 0.5) is 14.9 Å². The van der Waals surface area contributed by atoms with Crippen LogP contribution in [0, 0.1) is 5.82 Å². The number of aromatic amines is 1. The number of hydrogen-bond donors (Lipinski definition) is 3. The van der Waals surface area contributed by atoms with Gasteiger partial charge in [-0.05, 0) is 31.5 Å². The zero-order valence-corrected chi connectivity index (χ0v) is 11.3. The molecule has 2 aromatic rings. The Morgan fingerprint density at radius 2 is 2.15 bits per heavy atom. The van der Waals surface area contributed by atoms with Crippen LogP contribution in [0.2, 0.25) is 0 Å². The number of rotatable bonds is 3. The van der Waals surface area contributed by atoms with Gasteiger partial charge in [-0.2, -0.15) is 0 Å². The van der Waals surface area contributed by atoms with Crippen molar-refractivity contribution < 1.29 is 9.18 Å². The molecule has 2 rings (SSSR count). The van der Waals surface area contributed by atoms with E-state index < -0.39 is 5.82 Å². The van der Waals surface area contributed by atoms with Crippen molar-refractivity contribution in [3.8, 4) is 0 Å². The second-order valence-corrected chi connectivity index (χ2v) is 4.65. The van der Waals surface area contributed by atoms with Crippen molar-refractivity contribution in [3.63, 3.8) is 0 Å². The number of carbonyl (C=O) groups excluding carboxylic acids is 1. The van der Waals surface area contributed by atoms with Crippen LogP contribution in [0.15, 0.2) is 29.1 Å². The Balaban J connectivity index is 2.26. The number of aromatic nitrogens is 1. The second kappa shape index (κ2) is 5.73. The Kier molecular flexibility index (Phi) is 4.02. The van der Waals surface area contributed by atoms with Gasteiger partial charge in [-0.1, -0.05) is 6.92 Å². The van der Waals surface area contributed by atoms with Crippen LogP contribution in [-0.2, 0) is 0 Å². The van der Waals surface area contributed by atoms with E-state index in [1.54, 1.807) is 6.07 Å². The molecule has 0 aliphatic heterocycles. The molecule has 6 heteroatoms. The van der Waals surface area contributed by atoms with E-state index in [-0.39, 0.29) is 23.1 Å². The van der Waals surface area contributed by atoms with Crippen LogP contribution in [0.1, 0.15) is 20.3 Å². The van der Waals surface area contributed by atoms with E-state index in [1.165, 1.54) is 18.2 Å². The highest BCUT2D eigenvalue weighted by Crippen LogP contribution is 2.20. The summed E-state index contributed by atoms with van der Waals surface area (Å²) in [5.41, 5.74) is 0.0971. The van der Waals surface area contributed by atoms with E-state index in [9.17, 15) is 14.0 Å². The largest absolute Gasteiger partial charge is 0.335 e. The summed E-state index contributed by atoms with van der Waals surface area (Å²) in [7, 11) is 0. The lowest BCUT2D eigenvalue weighted by Crippen LogP contribution is -2.35. The smallest absolute Gasteiger partial charge is 0.319 e. The molecule has 0 radical (unpaired) electrons. The zero-order chi connectivity index (χ0) is 14.7. The molecule has 0 saturated heterocycles. The fraction of sp³-hybridized carbons (Fsp3) is 0.286. The molecular weight excluding hydrogens is 261 g/mol. The average Bonchev–Trinajstić information content (AvgIpc) is 2.39. The second-order valence-electron chi connectivity index (χ2n) is 4.65. The number of nitrogens with one attached hydrogen (secondary N) is 3. The van der Waals surface area contributed by atoms with Gasteiger partial charge in [-0.15, -0.1) is 0 Å². The van der Waals surface area contributed by atoms with Crippen LogP contribution in [0.25, 0.3) is 10.9 Å². The Morgan fingerprint density at radius 3 is 2.85 bits per heavy atom. The highest BCUT2D eigenvalue weighted by atomic mass is 19.1. The first-order valence-electron chi connectivity index (χ1n) is 6.39. The van der Waals surface area contributed by atoms with Crippen LogP contribution in [-0.4, -0.2) is 17.1 Å². The minimum absolute atomic E-state index is 0.0386. The minimum atomic E-state index is -0.584. The highest BCUT2D eigenvalue weighted by molar-refractivity contribution is 5.92. The van der Waals surface area contributed by atoms with Crippen molar-refractivity contribution in [1.29, 1.82) is 0 Å². The van der Waals surface area contributed by atoms with Crippen molar-refractivity contribution in [1.82, 2.24) is 10.3 Å². The van der Waals surface area contributed by atoms with Crippen LogP contribution >= 0.6 is 0 Å². The Bertz CT molecular complexity index is 696. The molecule has 0 bridgehead atoms. The third-order valence-electron chi connectivity index (χ3n) is 3.03. The van der Waals surface area contributed by atoms with E-state index in [1.807, 2.05) is 13.8 Å². The van der Waals surface area contributed by atoms with Gasteiger partial charge in [0.05, 0.1) is 5.52 Å². The standard InChI is InChI=1S/C14H16FN3O2/c1-3-8(2)16-14(20)17-10-6-9-4-5-12(19)18-13(9)11(15)7-10/h4-8H,3H2,1-2H3,(H,18,19)(H2,16,17,20). The molecule has 2 amide bonds. The van der Waals surface area contributed by atoms with Crippen molar-refractivity contribution in [3.05, 3.63) is 40.4 Å². The molecular formula is C14H16FN3O2. The number of carbonyl (C=O) groups is 1. The predicted octanol–water partition coefficient (Wildman–Crippen LogP) is 2.59. The molecule has 1 atom stereocenters. The number of fused-ring (bicyclic) bond motifs is 1. The minimum Gasteiger partial charge on any atom is -0.335 e. The van der Waals surface area contributed by atoms with Gasteiger partial charge in [0.2, 0.25) is 5.56 Å². The van der Waals surface area contributed by atoms with Gasteiger partial charge in [-0.25, -0.2) is 9.18 Å². The lowest BCUT2D eigenvalue weighted by molar-refractivity contribution is 0.249. The number of anilines is 1. The molecule has 0 aliphatic rings. The summed E-state index contributed by atoms with van der Waals surface area (Å²) in [6, 6.07) is 5.25. The zero-order valence-electron chi connectivity index (χ0n) is 11.3. The van der Waals surface area contributed by atoms with E-state index in [2.05, 4.69) is 15.6 Å². The third kappa shape index (κ3) is 3.14. The number of H-pyrrole nitrogens is 1. The van der Waals surface area contributed by atoms with Crippen LogP contribution in [0.3, 0.4) is 0 Å². The Labute approximate surface area is 115 Å². The number of hydrogen-bond acceptors (Lipinski definition) is 2. The van der Waals surface area contributed by atoms with Crippen molar-refractivity contribution >= 4 is 22.6 Å². The van der Waals surface area contributed by atoms with Gasteiger partial charge in [0.25, 0.3) is 0 Å². The SMILES string of the molecule is CCC(C)NC(=O)Nc1cc(F)c2[nH]c(=O)ccc2c1. The molecule has 106 valence electrons. The molecule has 3 N–H and O–H groups in total.